The van der Waals surface area contributed by atoms with E-state index in [1.54, 1.807) is 6.07 Å². The maximum Gasteiger partial charge on any atom is 0.257 e. The summed E-state index contributed by atoms with van der Waals surface area (Å²) in [5.74, 6) is -0.0382. The molecule has 0 saturated heterocycles. The minimum Gasteiger partial charge on any atom is -0.506 e. The number of phenolic OH excluding ortho intramolecular Hbond substituents is 1. The quantitative estimate of drug-likeness (QED) is 0.716. The van der Waals surface area contributed by atoms with Gasteiger partial charge < -0.3 is 15.7 Å². The lowest BCUT2D eigenvalue weighted by Crippen LogP contribution is -2.43. The lowest BCUT2D eigenvalue weighted by molar-refractivity contribution is 0.0659. The molecule has 2 aromatic carbocycles. The summed E-state index contributed by atoms with van der Waals surface area (Å²) in [6.45, 7) is 2.73. The number of benzene rings is 2. The Balaban J connectivity index is 1.66. The van der Waals surface area contributed by atoms with Crippen LogP contribution in [0, 0.1) is 0 Å². The molecule has 1 aliphatic rings. The van der Waals surface area contributed by atoms with Crippen molar-refractivity contribution >= 4 is 33.1 Å². The first kappa shape index (κ1) is 17.8. The van der Waals surface area contributed by atoms with Crippen LogP contribution in [0.2, 0.25) is 0 Å². The van der Waals surface area contributed by atoms with Gasteiger partial charge in [0.15, 0.2) is 5.13 Å². The third-order valence-corrected chi connectivity index (χ3v) is 6.18. The molecule has 0 aliphatic heterocycles. The molecule has 1 amide bonds. The number of phenols is 1. The van der Waals surface area contributed by atoms with Gasteiger partial charge in [0, 0.05) is 29.3 Å². The molecule has 1 aromatic heterocycles. The van der Waals surface area contributed by atoms with Gasteiger partial charge in [-0.3, -0.25) is 4.79 Å². The minimum atomic E-state index is -0.106. The number of carbonyl (C=O) groups is 1. The molecule has 0 bridgehead atoms. The minimum absolute atomic E-state index is 0.0673. The number of nitrogens with zero attached hydrogens (tertiary/aromatic N) is 2. The fourth-order valence-corrected chi connectivity index (χ4v) is 4.87. The van der Waals surface area contributed by atoms with Crippen LogP contribution in [0.5, 0.6) is 5.75 Å². The third-order valence-electron chi connectivity index (χ3n) is 5.23. The van der Waals surface area contributed by atoms with Crippen LogP contribution < -0.4 is 5.73 Å². The molecule has 27 heavy (non-hydrogen) atoms. The highest BCUT2D eigenvalue weighted by molar-refractivity contribution is 7.15. The summed E-state index contributed by atoms with van der Waals surface area (Å²) in [5, 5.41) is 13.0. The second-order valence-corrected chi connectivity index (χ2v) is 8.12. The maximum atomic E-state index is 13.3. The number of fused-ring (bicyclic) bond motifs is 2. The highest BCUT2D eigenvalue weighted by Gasteiger charge is 2.31. The summed E-state index contributed by atoms with van der Waals surface area (Å²) in [6.07, 6.45) is 3.36. The first-order valence-electron chi connectivity index (χ1n) is 9.34. The van der Waals surface area contributed by atoms with Crippen LogP contribution in [0.1, 0.15) is 40.7 Å². The Hall–Kier alpha value is -2.60. The van der Waals surface area contributed by atoms with Gasteiger partial charge in [-0.1, -0.05) is 37.3 Å². The van der Waals surface area contributed by atoms with Crippen molar-refractivity contribution in [2.75, 3.05) is 12.3 Å². The van der Waals surface area contributed by atoms with Gasteiger partial charge in [0.25, 0.3) is 5.91 Å². The number of aryl methyl sites for hydroxylation is 1. The first-order valence-corrected chi connectivity index (χ1v) is 10.2. The van der Waals surface area contributed by atoms with Gasteiger partial charge in [-0.05, 0) is 30.7 Å². The zero-order chi connectivity index (χ0) is 19.0. The average Bonchev–Trinajstić information content (AvgIpc) is 3.05. The summed E-state index contributed by atoms with van der Waals surface area (Å²) in [6, 6.07) is 11.3. The lowest BCUT2D eigenvalue weighted by atomic mass is 9.95. The van der Waals surface area contributed by atoms with E-state index in [1.165, 1.54) is 16.2 Å². The Bertz CT molecular complexity index is 998. The normalized spacial score (nSPS) is 16.3. The molecular formula is C21H23N3O2S. The molecular weight excluding hydrogens is 358 g/mol. The van der Waals surface area contributed by atoms with E-state index in [0.717, 1.165) is 36.8 Å². The van der Waals surface area contributed by atoms with Crippen molar-refractivity contribution in [3.8, 4) is 5.75 Å². The van der Waals surface area contributed by atoms with E-state index in [1.807, 2.05) is 35.2 Å². The number of rotatable bonds is 4. The smallest absolute Gasteiger partial charge is 0.257 e. The Morgan fingerprint density at radius 3 is 2.96 bits per heavy atom. The number of carbonyl (C=O) groups excluding carboxylic acids is 1. The van der Waals surface area contributed by atoms with E-state index in [9.17, 15) is 9.90 Å². The SMILES string of the molecule is CCCN(C(=O)c1ccc2ccccc2c1O)[C@H]1CCc2nc(N)sc2C1. The van der Waals surface area contributed by atoms with E-state index >= 15 is 0 Å². The van der Waals surface area contributed by atoms with Gasteiger partial charge in [-0.25, -0.2) is 4.98 Å². The second-order valence-electron chi connectivity index (χ2n) is 7.00. The van der Waals surface area contributed by atoms with Crippen LogP contribution in [0.4, 0.5) is 5.13 Å². The number of aromatic nitrogens is 1. The molecule has 4 rings (SSSR count). The average molecular weight is 382 g/mol. The van der Waals surface area contributed by atoms with Crippen molar-refractivity contribution in [2.45, 2.75) is 38.6 Å². The summed E-state index contributed by atoms with van der Waals surface area (Å²) in [4.78, 5) is 20.8. The van der Waals surface area contributed by atoms with E-state index < -0.39 is 0 Å². The van der Waals surface area contributed by atoms with E-state index in [2.05, 4.69) is 11.9 Å². The first-order chi connectivity index (χ1) is 13.1. The van der Waals surface area contributed by atoms with Crippen LogP contribution >= 0.6 is 11.3 Å². The number of hydrogen-bond acceptors (Lipinski definition) is 5. The molecule has 0 radical (unpaired) electrons. The number of aromatic hydroxyl groups is 1. The number of thiazole rings is 1. The molecule has 1 heterocycles. The van der Waals surface area contributed by atoms with Crippen molar-refractivity contribution in [2.24, 2.45) is 0 Å². The molecule has 1 atom stereocenters. The van der Waals surface area contributed by atoms with Crippen LogP contribution in [0.3, 0.4) is 0 Å². The van der Waals surface area contributed by atoms with Gasteiger partial charge >= 0.3 is 0 Å². The van der Waals surface area contributed by atoms with Crippen molar-refractivity contribution in [3.63, 3.8) is 0 Å². The number of amides is 1. The summed E-state index contributed by atoms with van der Waals surface area (Å²) in [7, 11) is 0. The molecule has 0 fully saturated rings. The van der Waals surface area contributed by atoms with E-state index in [4.69, 9.17) is 5.73 Å². The topological polar surface area (TPSA) is 79.5 Å². The van der Waals surface area contributed by atoms with Crippen molar-refractivity contribution in [3.05, 3.63) is 52.5 Å². The van der Waals surface area contributed by atoms with Crippen LogP contribution in [0.15, 0.2) is 36.4 Å². The third kappa shape index (κ3) is 3.25. The van der Waals surface area contributed by atoms with Crippen molar-refractivity contribution < 1.29 is 9.90 Å². The van der Waals surface area contributed by atoms with Crippen LogP contribution in [-0.4, -0.2) is 33.5 Å². The number of nitrogen functional groups attached to an aromatic ring is 1. The lowest BCUT2D eigenvalue weighted by Gasteiger charge is -2.34. The molecule has 1 aliphatic carbocycles. The number of nitrogens with two attached hydrogens (primary N) is 1. The van der Waals surface area contributed by atoms with Gasteiger partial charge in [-0.2, -0.15) is 0 Å². The van der Waals surface area contributed by atoms with Gasteiger partial charge in [0.1, 0.15) is 5.75 Å². The Morgan fingerprint density at radius 1 is 1.33 bits per heavy atom. The molecule has 5 nitrogen and oxygen atoms in total. The molecule has 140 valence electrons. The number of anilines is 1. The van der Waals surface area contributed by atoms with Crippen molar-refractivity contribution in [1.82, 2.24) is 9.88 Å². The van der Waals surface area contributed by atoms with Gasteiger partial charge in [0.2, 0.25) is 0 Å². The largest absolute Gasteiger partial charge is 0.506 e. The fourth-order valence-electron chi connectivity index (χ4n) is 3.92. The van der Waals surface area contributed by atoms with Crippen molar-refractivity contribution in [1.29, 1.82) is 0 Å². The van der Waals surface area contributed by atoms with Crippen LogP contribution in [-0.2, 0) is 12.8 Å². The summed E-state index contributed by atoms with van der Waals surface area (Å²) < 4.78 is 0. The molecule has 0 spiro atoms. The maximum absolute atomic E-state index is 13.3. The second kappa shape index (κ2) is 7.19. The molecule has 0 unspecified atom stereocenters. The predicted molar refractivity (Wildman–Crippen MR) is 109 cm³/mol. The summed E-state index contributed by atoms with van der Waals surface area (Å²) in [5.41, 5.74) is 7.30. The van der Waals surface area contributed by atoms with Gasteiger partial charge in [-0.15, -0.1) is 11.3 Å². The molecule has 0 saturated carbocycles. The standard InChI is InChI=1S/C21H23N3O2S/c1-2-11-24(14-8-10-17-18(12-14)27-21(22)23-17)20(26)16-9-7-13-5-3-4-6-15(13)19(16)25/h3-7,9,14,25H,2,8,10-12H2,1H3,(H2,22,23)/t14-/m0/s1. The zero-order valence-electron chi connectivity index (χ0n) is 15.3. The predicted octanol–water partition coefficient (Wildman–Crippen LogP) is 3.99. The van der Waals surface area contributed by atoms with Gasteiger partial charge in [0.05, 0.1) is 11.3 Å². The Morgan fingerprint density at radius 2 is 2.15 bits per heavy atom. The molecule has 6 heteroatoms. The fraction of sp³-hybridized carbons (Fsp3) is 0.333. The Kier molecular flexibility index (Phi) is 4.74. The zero-order valence-corrected chi connectivity index (χ0v) is 16.1. The highest BCUT2D eigenvalue weighted by atomic mass is 32.1. The Labute approximate surface area is 162 Å². The monoisotopic (exact) mass is 381 g/mol. The van der Waals surface area contributed by atoms with E-state index in [-0.39, 0.29) is 17.7 Å². The number of hydrogen-bond donors (Lipinski definition) is 2. The molecule has 3 aromatic rings. The van der Waals surface area contributed by atoms with E-state index in [0.29, 0.717) is 22.6 Å². The highest BCUT2D eigenvalue weighted by Crippen LogP contribution is 2.33. The van der Waals surface area contributed by atoms with Crippen LogP contribution in [0.25, 0.3) is 10.8 Å². The summed E-state index contributed by atoms with van der Waals surface area (Å²) >= 11 is 1.52. The molecule has 3 N–H and O–H groups in total.